The minimum atomic E-state index is -4.75. The zero-order chi connectivity index (χ0) is 20.4. The monoisotopic (exact) mass is 399 g/mol. The first-order valence-corrected chi connectivity index (χ1v) is 8.83. The number of nitrogens with zero attached hydrogens (tertiary/aromatic N) is 2. The number of hydrogen-bond acceptors (Lipinski definition) is 4. The Morgan fingerprint density at radius 3 is 2.45 bits per heavy atom. The van der Waals surface area contributed by atoms with Crippen LogP contribution >= 0.6 is 0 Å². The highest BCUT2D eigenvalue weighted by atomic mass is 19.4. The first-order valence-electron chi connectivity index (χ1n) is 8.83. The van der Waals surface area contributed by atoms with Gasteiger partial charge in [-0.15, -0.1) is 13.2 Å². The van der Waals surface area contributed by atoms with Gasteiger partial charge in [0.2, 0.25) is 0 Å². The van der Waals surface area contributed by atoms with Gasteiger partial charge in [0.05, 0.1) is 12.1 Å². The summed E-state index contributed by atoms with van der Waals surface area (Å²) in [5, 5.41) is 3.28. The molecule has 1 amide bonds. The molecule has 0 saturated heterocycles. The number of benzene rings is 2. The predicted molar refractivity (Wildman–Crippen MR) is 102 cm³/mol. The van der Waals surface area contributed by atoms with Gasteiger partial charge in [0.25, 0.3) is 5.91 Å². The van der Waals surface area contributed by atoms with Crippen LogP contribution in [0.25, 0.3) is 0 Å². The normalized spacial score (nSPS) is 13.3. The van der Waals surface area contributed by atoms with Gasteiger partial charge in [-0.05, 0) is 53.6 Å². The zero-order valence-electron chi connectivity index (χ0n) is 15.1. The van der Waals surface area contributed by atoms with Crippen LogP contribution in [0.2, 0.25) is 0 Å². The Hall–Kier alpha value is -3.55. The topological polar surface area (TPSA) is 54.5 Å². The minimum absolute atomic E-state index is 0.206. The Morgan fingerprint density at radius 1 is 1.03 bits per heavy atom. The lowest BCUT2D eigenvalue weighted by atomic mass is 10.1. The average molecular weight is 399 g/mol. The largest absolute Gasteiger partial charge is 0.573 e. The molecule has 2 heterocycles. The van der Waals surface area contributed by atoms with Gasteiger partial charge in [0, 0.05) is 30.3 Å². The Balaban J connectivity index is 1.53. The van der Waals surface area contributed by atoms with E-state index in [1.54, 1.807) is 12.4 Å². The second-order valence-electron chi connectivity index (χ2n) is 6.48. The van der Waals surface area contributed by atoms with Gasteiger partial charge in [-0.1, -0.05) is 12.1 Å². The third kappa shape index (κ3) is 4.16. The van der Waals surface area contributed by atoms with E-state index in [-0.39, 0.29) is 11.7 Å². The molecule has 1 N–H and O–H groups in total. The second-order valence-corrected chi connectivity index (χ2v) is 6.48. The third-order valence-electron chi connectivity index (χ3n) is 4.55. The van der Waals surface area contributed by atoms with Crippen molar-refractivity contribution in [2.24, 2.45) is 0 Å². The fourth-order valence-electron chi connectivity index (χ4n) is 3.24. The maximum atomic E-state index is 13.0. The van der Waals surface area contributed by atoms with Crippen molar-refractivity contribution < 1.29 is 22.7 Å². The van der Waals surface area contributed by atoms with Gasteiger partial charge < -0.3 is 15.0 Å². The maximum Gasteiger partial charge on any atom is 0.573 e. The van der Waals surface area contributed by atoms with Crippen molar-refractivity contribution in [3.63, 3.8) is 0 Å². The quantitative estimate of drug-likeness (QED) is 0.673. The van der Waals surface area contributed by atoms with Crippen LogP contribution in [0, 0.1) is 0 Å². The summed E-state index contributed by atoms with van der Waals surface area (Å²) in [5.74, 6) is -0.535. The highest BCUT2D eigenvalue weighted by Crippen LogP contribution is 2.34. The Bertz CT molecular complexity index is 1020. The van der Waals surface area contributed by atoms with Crippen LogP contribution in [0.5, 0.6) is 5.75 Å². The number of amides is 1. The summed E-state index contributed by atoms with van der Waals surface area (Å²) >= 11 is 0. The molecule has 0 radical (unpaired) electrons. The van der Waals surface area contributed by atoms with Gasteiger partial charge in [0.1, 0.15) is 5.75 Å². The number of fused-ring (bicyclic) bond motifs is 1. The van der Waals surface area contributed by atoms with Crippen molar-refractivity contribution in [1.29, 1.82) is 0 Å². The lowest BCUT2D eigenvalue weighted by Gasteiger charge is -2.17. The molecule has 1 aromatic heterocycles. The summed E-state index contributed by atoms with van der Waals surface area (Å²) in [7, 11) is 0. The third-order valence-corrected chi connectivity index (χ3v) is 4.55. The molecule has 0 spiro atoms. The van der Waals surface area contributed by atoms with Gasteiger partial charge in [-0.2, -0.15) is 0 Å². The van der Waals surface area contributed by atoms with Crippen molar-refractivity contribution in [2.75, 3.05) is 10.2 Å². The van der Waals surface area contributed by atoms with E-state index < -0.39 is 6.36 Å². The summed E-state index contributed by atoms with van der Waals surface area (Å²) in [4.78, 5) is 18.5. The Labute approximate surface area is 164 Å². The van der Waals surface area contributed by atoms with E-state index in [2.05, 4.69) is 15.0 Å². The van der Waals surface area contributed by atoms with Crippen LogP contribution in [-0.4, -0.2) is 17.3 Å². The van der Waals surface area contributed by atoms with Crippen LogP contribution in [-0.2, 0) is 13.1 Å². The zero-order valence-corrected chi connectivity index (χ0v) is 15.1. The number of halogens is 3. The molecule has 0 saturated carbocycles. The maximum absolute atomic E-state index is 13.0. The Morgan fingerprint density at radius 2 is 1.76 bits per heavy atom. The van der Waals surface area contributed by atoms with Crippen LogP contribution in [0.1, 0.15) is 21.5 Å². The summed E-state index contributed by atoms with van der Waals surface area (Å²) in [6, 6.07) is 14.6. The number of ether oxygens (including phenoxy) is 1. The van der Waals surface area contributed by atoms with E-state index in [4.69, 9.17) is 0 Å². The molecule has 5 nitrogen and oxygen atoms in total. The molecule has 0 atom stereocenters. The lowest BCUT2D eigenvalue weighted by molar-refractivity contribution is -0.274. The van der Waals surface area contributed by atoms with Crippen LogP contribution in [0.15, 0.2) is 67.0 Å². The van der Waals surface area contributed by atoms with Crippen molar-refractivity contribution in [2.45, 2.75) is 19.5 Å². The molecule has 3 aromatic rings. The molecule has 1 aliphatic heterocycles. The fraction of sp³-hybridized carbons (Fsp3) is 0.143. The molecule has 148 valence electrons. The number of carbonyl (C=O) groups is 1. The molecule has 2 aromatic carbocycles. The van der Waals surface area contributed by atoms with Gasteiger partial charge in [-0.25, -0.2) is 0 Å². The smallest absolute Gasteiger partial charge is 0.406 e. The number of rotatable bonds is 5. The van der Waals surface area contributed by atoms with E-state index in [0.717, 1.165) is 11.1 Å². The van der Waals surface area contributed by atoms with Crippen LogP contribution in [0.4, 0.5) is 24.5 Å². The molecule has 0 unspecified atom stereocenters. The summed E-state index contributed by atoms with van der Waals surface area (Å²) in [6.45, 7) is 0.883. The number of anilines is 2. The van der Waals surface area contributed by atoms with E-state index >= 15 is 0 Å². The predicted octanol–water partition coefficient (Wildman–Crippen LogP) is 4.75. The standard InChI is InChI=1S/C21H16F3N3O2/c22-21(23,24)29-17-6-4-16(5-7-17)27-13-15-2-1-3-18(19(15)20(27)28)26-12-14-8-10-25-11-9-14/h1-11,26H,12-13H2. The summed E-state index contributed by atoms with van der Waals surface area (Å²) < 4.78 is 40.9. The van der Waals surface area contributed by atoms with E-state index in [9.17, 15) is 18.0 Å². The second kappa shape index (κ2) is 7.46. The number of pyridine rings is 1. The van der Waals surface area contributed by atoms with Gasteiger partial charge >= 0.3 is 6.36 Å². The Kier molecular flexibility index (Phi) is 4.84. The number of aromatic nitrogens is 1. The first-order chi connectivity index (χ1) is 13.9. The highest BCUT2D eigenvalue weighted by Gasteiger charge is 2.32. The van der Waals surface area contributed by atoms with Gasteiger partial charge in [-0.3, -0.25) is 9.78 Å². The summed E-state index contributed by atoms with van der Waals surface area (Å²) in [6.07, 6.45) is -1.35. The summed E-state index contributed by atoms with van der Waals surface area (Å²) in [5.41, 5.74) is 3.66. The van der Waals surface area contributed by atoms with Crippen LogP contribution in [0.3, 0.4) is 0 Å². The molecular weight excluding hydrogens is 383 g/mol. The SMILES string of the molecule is O=C1c2c(cccc2NCc2ccncc2)CN1c1ccc(OC(F)(F)F)cc1. The number of carbonyl (C=O) groups excluding carboxylic acids is 1. The van der Waals surface area contributed by atoms with Crippen LogP contribution < -0.4 is 15.0 Å². The van der Waals surface area contributed by atoms with E-state index in [1.165, 1.54) is 29.2 Å². The number of hydrogen-bond donors (Lipinski definition) is 1. The first kappa shape index (κ1) is 18.8. The van der Waals surface area contributed by atoms with Crippen molar-refractivity contribution >= 4 is 17.3 Å². The molecule has 1 aliphatic rings. The molecule has 0 bridgehead atoms. The number of nitrogens with one attached hydrogen (secondary N) is 1. The van der Waals surface area contributed by atoms with E-state index in [1.807, 2.05) is 30.3 Å². The molecular formula is C21H16F3N3O2. The van der Waals surface area contributed by atoms with Crippen molar-refractivity contribution in [1.82, 2.24) is 4.98 Å². The van der Waals surface area contributed by atoms with Crippen molar-refractivity contribution in [3.8, 4) is 5.75 Å². The molecule has 4 rings (SSSR count). The minimum Gasteiger partial charge on any atom is -0.406 e. The van der Waals surface area contributed by atoms with Gasteiger partial charge in [0.15, 0.2) is 0 Å². The fourth-order valence-corrected chi connectivity index (χ4v) is 3.24. The highest BCUT2D eigenvalue weighted by molar-refractivity contribution is 6.13. The molecule has 8 heteroatoms. The molecule has 0 fully saturated rings. The molecule has 0 aliphatic carbocycles. The van der Waals surface area contributed by atoms with E-state index in [0.29, 0.717) is 30.0 Å². The lowest BCUT2D eigenvalue weighted by Crippen LogP contribution is -2.23. The molecule has 29 heavy (non-hydrogen) atoms. The van der Waals surface area contributed by atoms with Crippen molar-refractivity contribution in [3.05, 3.63) is 83.7 Å². The number of alkyl halides is 3. The average Bonchev–Trinajstić information content (AvgIpc) is 3.04.